The molecule has 5 nitrogen and oxygen atoms in total. The molecule has 22 heavy (non-hydrogen) atoms. The van der Waals surface area contributed by atoms with Crippen LogP contribution >= 0.6 is 0 Å². The Morgan fingerprint density at radius 1 is 1.32 bits per heavy atom. The fraction of sp³-hybridized carbons (Fsp3) is 0.706. The highest BCUT2D eigenvalue weighted by Crippen LogP contribution is 2.25. The summed E-state index contributed by atoms with van der Waals surface area (Å²) in [5, 5.41) is 19.8. The van der Waals surface area contributed by atoms with Crippen LogP contribution in [0.3, 0.4) is 0 Å². The monoisotopic (exact) mass is 308 g/mol. The first-order valence-electron chi connectivity index (χ1n) is 8.41. The third-order valence-electron chi connectivity index (χ3n) is 4.66. The van der Waals surface area contributed by atoms with E-state index in [4.69, 9.17) is 0 Å². The topological polar surface area (TPSA) is 65.7 Å². The second kappa shape index (κ2) is 7.79. The zero-order valence-electron chi connectivity index (χ0n) is 13.7. The molecular weight excluding hydrogens is 280 g/mol. The minimum Gasteiger partial charge on any atom is -0.503 e. The molecular formula is C17H28N2O3. The average Bonchev–Trinajstić information content (AvgIpc) is 2.54. The molecule has 1 atom stereocenters. The maximum absolute atomic E-state index is 12.0. The van der Waals surface area contributed by atoms with Crippen LogP contribution in [0.25, 0.3) is 0 Å². The molecule has 0 radical (unpaired) electrons. The third-order valence-corrected chi connectivity index (χ3v) is 4.66. The number of pyridine rings is 1. The van der Waals surface area contributed by atoms with Gasteiger partial charge in [0.25, 0.3) is 0 Å². The summed E-state index contributed by atoms with van der Waals surface area (Å²) in [4.78, 5) is 14.3. The number of nitrogens with zero attached hydrogens (tertiary/aromatic N) is 2. The number of hydrogen-bond acceptors (Lipinski definition) is 4. The van der Waals surface area contributed by atoms with Crippen molar-refractivity contribution in [3.05, 3.63) is 27.7 Å². The van der Waals surface area contributed by atoms with Crippen LogP contribution in [0.4, 0.5) is 0 Å². The molecule has 5 heteroatoms. The van der Waals surface area contributed by atoms with Crippen LogP contribution in [0.15, 0.2) is 10.9 Å². The highest BCUT2D eigenvalue weighted by molar-refractivity contribution is 5.30. The molecule has 0 aliphatic carbocycles. The predicted octanol–water partition coefficient (Wildman–Crippen LogP) is 2.22. The van der Waals surface area contributed by atoms with E-state index in [0.29, 0.717) is 30.5 Å². The Hall–Kier alpha value is -1.33. The largest absolute Gasteiger partial charge is 0.503 e. The van der Waals surface area contributed by atoms with Gasteiger partial charge in [0, 0.05) is 30.9 Å². The fourth-order valence-corrected chi connectivity index (χ4v) is 3.46. The van der Waals surface area contributed by atoms with Gasteiger partial charge < -0.3 is 14.8 Å². The average molecular weight is 308 g/mol. The van der Waals surface area contributed by atoms with Gasteiger partial charge in [-0.05, 0) is 32.2 Å². The summed E-state index contributed by atoms with van der Waals surface area (Å²) in [6, 6.07) is 1.86. The summed E-state index contributed by atoms with van der Waals surface area (Å²) in [7, 11) is 0. The molecule has 0 spiro atoms. The molecule has 1 aromatic heterocycles. The Bertz CT molecular complexity index is 554. The van der Waals surface area contributed by atoms with Crippen LogP contribution in [-0.2, 0) is 19.7 Å². The van der Waals surface area contributed by atoms with Crippen LogP contribution in [0, 0.1) is 0 Å². The summed E-state index contributed by atoms with van der Waals surface area (Å²) < 4.78 is 1.91. The van der Waals surface area contributed by atoms with Gasteiger partial charge in [-0.2, -0.15) is 0 Å². The third kappa shape index (κ3) is 3.52. The fourth-order valence-electron chi connectivity index (χ4n) is 3.46. The van der Waals surface area contributed by atoms with E-state index in [1.807, 2.05) is 4.57 Å². The summed E-state index contributed by atoms with van der Waals surface area (Å²) in [6.07, 6.45) is 5.56. The highest BCUT2D eigenvalue weighted by Gasteiger charge is 2.24. The van der Waals surface area contributed by atoms with Crippen molar-refractivity contribution in [2.45, 2.75) is 71.7 Å². The van der Waals surface area contributed by atoms with Gasteiger partial charge in [-0.15, -0.1) is 0 Å². The molecule has 1 aliphatic heterocycles. The summed E-state index contributed by atoms with van der Waals surface area (Å²) in [6.45, 7) is 6.33. The van der Waals surface area contributed by atoms with Crippen LogP contribution in [-0.4, -0.2) is 32.3 Å². The lowest BCUT2D eigenvalue weighted by Gasteiger charge is -2.36. The summed E-state index contributed by atoms with van der Waals surface area (Å²) >= 11 is 0. The Balaban J connectivity index is 2.39. The minimum absolute atomic E-state index is 0.161. The molecule has 2 heterocycles. The number of likely N-dealkylation sites (tertiary alicyclic amines) is 1. The predicted molar refractivity (Wildman–Crippen MR) is 86.9 cm³/mol. The van der Waals surface area contributed by atoms with Gasteiger partial charge >= 0.3 is 0 Å². The number of rotatable bonds is 6. The van der Waals surface area contributed by atoms with Crippen molar-refractivity contribution in [3.63, 3.8) is 0 Å². The lowest BCUT2D eigenvalue weighted by molar-refractivity contribution is 0.130. The first kappa shape index (κ1) is 17.0. The molecule has 0 amide bonds. The van der Waals surface area contributed by atoms with Gasteiger partial charge in [0.05, 0.1) is 12.3 Å². The number of hydrogen-bond donors (Lipinski definition) is 2. The maximum Gasteiger partial charge on any atom is 0.223 e. The van der Waals surface area contributed by atoms with E-state index in [1.54, 1.807) is 0 Å². The molecule has 2 rings (SSSR count). The van der Waals surface area contributed by atoms with E-state index < -0.39 is 5.43 Å². The van der Waals surface area contributed by atoms with Crippen LogP contribution in [0.2, 0.25) is 0 Å². The number of piperidine rings is 1. The van der Waals surface area contributed by atoms with Gasteiger partial charge in [0.1, 0.15) is 0 Å². The second-order valence-electron chi connectivity index (χ2n) is 6.13. The van der Waals surface area contributed by atoms with Crippen molar-refractivity contribution in [2.75, 3.05) is 6.54 Å². The van der Waals surface area contributed by atoms with Gasteiger partial charge in [-0.3, -0.25) is 9.69 Å². The normalized spacial score (nSPS) is 19.5. The van der Waals surface area contributed by atoms with Crippen LogP contribution < -0.4 is 5.43 Å². The molecule has 2 N–H and O–H groups in total. The smallest absolute Gasteiger partial charge is 0.223 e. The van der Waals surface area contributed by atoms with Crippen LogP contribution in [0.1, 0.15) is 57.3 Å². The molecule has 1 saturated heterocycles. The molecule has 1 unspecified atom stereocenters. The van der Waals surface area contributed by atoms with Crippen molar-refractivity contribution in [1.82, 2.24) is 9.47 Å². The quantitative estimate of drug-likeness (QED) is 0.846. The first-order chi connectivity index (χ1) is 10.6. The van der Waals surface area contributed by atoms with Crippen molar-refractivity contribution in [1.29, 1.82) is 0 Å². The maximum atomic E-state index is 12.0. The van der Waals surface area contributed by atoms with Crippen molar-refractivity contribution >= 4 is 0 Å². The summed E-state index contributed by atoms with van der Waals surface area (Å²) in [5.41, 5.74) is 0.847. The van der Waals surface area contributed by atoms with Gasteiger partial charge in [-0.1, -0.05) is 20.3 Å². The van der Waals surface area contributed by atoms with Crippen molar-refractivity contribution in [3.8, 4) is 5.75 Å². The number of aromatic hydroxyl groups is 1. The van der Waals surface area contributed by atoms with Gasteiger partial charge in [-0.25, -0.2) is 0 Å². The zero-order valence-corrected chi connectivity index (χ0v) is 13.7. The van der Waals surface area contributed by atoms with Crippen molar-refractivity contribution in [2.24, 2.45) is 0 Å². The zero-order chi connectivity index (χ0) is 16.1. The molecule has 1 aromatic rings. The van der Waals surface area contributed by atoms with Crippen LogP contribution in [0.5, 0.6) is 5.75 Å². The Kier molecular flexibility index (Phi) is 6.03. The minimum atomic E-state index is -0.392. The standard InChI is InChI=1S/C17H28N2O3/c1-3-8-19-14(12-20)10-16(21)17(22)15(19)11-18-9-6-5-7-13(18)4-2/h10,13,20,22H,3-9,11-12H2,1-2H3. The van der Waals surface area contributed by atoms with Gasteiger partial charge in [0.15, 0.2) is 5.75 Å². The van der Waals surface area contributed by atoms with E-state index in [9.17, 15) is 15.0 Å². The molecule has 124 valence electrons. The molecule has 0 bridgehead atoms. The second-order valence-corrected chi connectivity index (χ2v) is 6.13. The Morgan fingerprint density at radius 3 is 2.73 bits per heavy atom. The molecule has 0 aromatic carbocycles. The Morgan fingerprint density at radius 2 is 2.09 bits per heavy atom. The number of aromatic nitrogens is 1. The van der Waals surface area contributed by atoms with Crippen molar-refractivity contribution < 1.29 is 10.2 Å². The molecule has 1 fully saturated rings. The summed E-state index contributed by atoms with van der Waals surface area (Å²) in [5.74, 6) is -0.161. The van der Waals surface area contributed by atoms with E-state index in [2.05, 4.69) is 18.7 Å². The lowest BCUT2D eigenvalue weighted by Crippen LogP contribution is -2.39. The van der Waals surface area contributed by atoms with E-state index in [0.717, 1.165) is 25.8 Å². The molecule has 1 aliphatic rings. The van der Waals surface area contributed by atoms with Gasteiger partial charge in [0.2, 0.25) is 5.43 Å². The first-order valence-corrected chi connectivity index (χ1v) is 8.41. The SMILES string of the molecule is CCCn1c(CO)cc(=O)c(O)c1CN1CCCCC1CC. The Labute approximate surface area is 132 Å². The van der Waals surface area contributed by atoms with E-state index in [-0.39, 0.29) is 12.4 Å². The van der Waals surface area contributed by atoms with E-state index >= 15 is 0 Å². The number of aliphatic hydroxyl groups is 1. The molecule has 0 saturated carbocycles. The van der Waals surface area contributed by atoms with E-state index in [1.165, 1.54) is 18.9 Å². The number of aliphatic hydroxyl groups excluding tert-OH is 1. The lowest BCUT2D eigenvalue weighted by atomic mass is 9.99. The highest BCUT2D eigenvalue weighted by atomic mass is 16.3.